The molecule has 2 heterocycles. The molecule has 0 saturated carbocycles. The molecule has 16 heavy (non-hydrogen) atoms. The van der Waals surface area contributed by atoms with Gasteiger partial charge in [-0.3, -0.25) is 4.79 Å². The van der Waals surface area contributed by atoms with E-state index in [4.69, 9.17) is 5.11 Å². The number of carboxylic acids is 1. The SMILES string of the molecule is O=C(O)C1CCN2c3cc(F)ccc3CC12. The second-order valence-corrected chi connectivity index (χ2v) is 4.47. The Labute approximate surface area is 92.5 Å². The predicted octanol–water partition coefficient (Wildman–Crippen LogP) is 1.66. The molecule has 0 bridgehead atoms. The minimum absolute atomic E-state index is 0.0225. The maximum absolute atomic E-state index is 13.1. The fourth-order valence-corrected chi connectivity index (χ4v) is 2.90. The van der Waals surface area contributed by atoms with E-state index >= 15 is 0 Å². The summed E-state index contributed by atoms with van der Waals surface area (Å²) in [6, 6.07) is 4.74. The molecule has 0 spiro atoms. The van der Waals surface area contributed by atoms with Crippen molar-refractivity contribution in [1.29, 1.82) is 0 Å². The van der Waals surface area contributed by atoms with Crippen LogP contribution in [-0.4, -0.2) is 23.7 Å². The number of fused-ring (bicyclic) bond motifs is 3. The summed E-state index contributed by atoms with van der Waals surface area (Å²) in [6.45, 7) is 0.720. The summed E-state index contributed by atoms with van der Waals surface area (Å²) in [5, 5.41) is 9.09. The fourth-order valence-electron chi connectivity index (χ4n) is 2.90. The van der Waals surface area contributed by atoms with Crippen molar-refractivity contribution in [3.05, 3.63) is 29.6 Å². The van der Waals surface area contributed by atoms with Gasteiger partial charge in [-0.2, -0.15) is 0 Å². The van der Waals surface area contributed by atoms with Gasteiger partial charge in [0.05, 0.1) is 5.92 Å². The first-order valence-corrected chi connectivity index (χ1v) is 5.44. The molecule has 0 radical (unpaired) electrons. The van der Waals surface area contributed by atoms with Gasteiger partial charge < -0.3 is 10.0 Å². The first-order chi connectivity index (χ1) is 7.66. The highest BCUT2D eigenvalue weighted by Crippen LogP contribution is 2.40. The number of carboxylic acid groups (broad SMARTS) is 1. The predicted molar refractivity (Wildman–Crippen MR) is 57.0 cm³/mol. The van der Waals surface area contributed by atoms with Crippen LogP contribution in [-0.2, 0) is 11.2 Å². The summed E-state index contributed by atoms with van der Waals surface area (Å²) >= 11 is 0. The zero-order valence-electron chi connectivity index (χ0n) is 8.69. The zero-order valence-corrected chi connectivity index (χ0v) is 8.69. The quantitative estimate of drug-likeness (QED) is 0.784. The maximum atomic E-state index is 13.1. The lowest BCUT2D eigenvalue weighted by molar-refractivity contribution is -0.141. The molecule has 0 aliphatic carbocycles. The van der Waals surface area contributed by atoms with Crippen LogP contribution in [0.4, 0.5) is 10.1 Å². The summed E-state index contributed by atoms with van der Waals surface area (Å²) in [6.07, 6.45) is 1.39. The Morgan fingerprint density at radius 2 is 2.31 bits per heavy atom. The second-order valence-electron chi connectivity index (χ2n) is 4.47. The molecule has 1 aromatic carbocycles. The van der Waals surface area contributed by atoms with Crippen LogP contribution < -0.4 is 4.90 Å². The van der Waals surface area contributed by atoms with Crippen molar-refractivity contribution in [3.8, 4) is 0 Å². The third-order valence-electron chi connectivity index (χ3n) is 3.65. The highest BCUT2D eigenvalue weighted by atomic mass is 19.1. The number of benzene rings is 1. The first-order valence-electron chi connectivity index (χ1n) is 5.44. The van der Waals surface area contributed by atoms with Crippen LogP contribution in [0.25, 0.3) is 0 Å². The molecule has 0 amide bonds. The van der Waals surface area contributed by atoms with E-state index < -0.39 is 5.97 Å². The monoisotopic (exact) mass is 221 g/mol. The molecule has 3 rings (SSSR count). The molecule has 2 aliphatic rings. The number of anilines is 1. The lowest BCUT2D eigenvalue weighted by atomic mass is 9.97. The van der Waals surface area contributed by atoms with Crippen LogP contribution >= 0.6 is 0 Å². The Kier molecular flexibility index (Phi) is 1.93. The molecule has 1 N–H and O–H groups in total. The Balaban J connectivity index is 1.98. The molecule has 2 aliphatic heterocycles. The van der Waals surface area contributed by atoms with E-state index in [0.29, 0.717) is 6.42 Å². The van der Waals surface area contributed by atoms with Gasteiger partial charge >= 0.3 is 5.97 Å². The van der Waals surface area contributed by atoms with E-state index in [2.05, 4.69) is 0 Å². The van der Waals surface area contributed by atoms with E-state index in [1.54, 1.807) is 6.07 Å². The van der Waals surface area contributed by atoms with Gasteiger partial charge in [-0.25, -0.2) is 4.39 Å². The number of nitrogens with zero attached hydrogens (tertiary/aromatic N) is 1. The van der Waals surface area contributed by atoms with E-state index in [0.717, 1.165) is 24.2 Å². The van der Waals surface area contributed by atoms with Crippen molar-refractivity contribution in [2.45, 2.75) is 18.9 Å². The normalized spacial score (nSPS) is 26.7. The molecule has 1 fully saturated rings. The lowest BCUT2D eigenvalue weighted by Gasteiger charge is -2.20. The van der Waals surface area contributed by atoms with Crippen molar-refractivity contribution in [2.24, 2.45) is 5.92 Å². The smallest absolute Gasteiger partial charge is 0.308 e. The van der Waals surface area contributed by atoms with Crippen LogP contribution in [0.5, 0.6) is 0 Å². The zero-order chi connectivity index (χ0) is 11.3. The van der Waals surface area contributed by atoms with Gasteiger partial charge in [-0.05, 0) is 30.5 Å². The van der Waals surface area contributed by atoms with Gasteiger partial charge in [0.25, 0.3) is 0 Å². The lowest BCUT2D eigenvalue weighted by Crippen LogP contribution is -2.32. The number of hydrogen-bond acceptors (Lipinski definition) is 2. The molecule has 2 unspecified atom stereocenters. The summed E-state index contributed by atoms with van der Waals surface area (Å²) in [5.74, 6) is -1.30. The molecule has 84 valence electrons. The molecule has 3 nitrogen and oxygen atoms in total. The number of carbonyl (C=O) groups is 1. The van der Waals surface area contributed by atoms with Crippen LogP contribution in [0.2, 0.25) is 0 Å². The summed E-state index contributed by atoms with van der Waals surface area (Å²) in [5.41, 5.74) is 1.95. The van der Waals surface area contributed by atoms with Crippen molar-refractivity contribution < 1.29 is 14.3 Å². The topological polar surface area (TPSA) is 40.5 Å². The standard InChI is InChI=1S/C12H12FNO2/c13-8-2-1-7-5-11-9(12(15)16)3-4-14(11)10(7)6-8/h1-2,6,9,11H,3-5H2,(H,15,16). The highest BCUT2D eigenvalue weighted by Gasteiger charge is 2.43. The van der Waals surface area contributed by atoms with Gasteiger partial charge in [-0.1, -0.05) is 6.07 Å². The second kappa shape index (κ2) is 3.20. The number of halogens is 1. The van der Waals surface area contributed by atoms with Crippen LogP contribution in [0.15, 0.2) is 18.2 Å². The highest BCUT2D eigenvalue weighted by molar-refractivity contribution is 5.75. The van der Waals surface area contributed by atoms with Gasteiger partial charge in [0, 0.05) is 18.3 Å². The van der Waals surface area contributed by atoms with Crippen LogP contribution in [0.1, 0.15) is 12.0 Å². The molecule has 1 saturated heterocycles. The molecular weight excluding hydrogens is 209 g/mol. The average Bonchev–Trinajstić information content (AvgIpc) is 2.76. The maximum Gasteiger partial charge on any atom is 0.308 e. The van der Waals surface area contributed by atoms with E-state index in [9.17, 15) is 9.18 Å². The van der Waals surface area contributed by atoms with E-state index in [1.807, 2.05) is 4.90 Å². The average molecular weight is 221 g/mol. The fraction of sp³-hybridized carbons (Fsp3) is 0.417. The molecular formula is C12H12FNO2. The first kappa shape index (κ1) is 9.63. The van der Waals surface area contributed by atoms with Gasteiger partial charge in [-0.15, -0.1) is 0 Å². The van der Waals surface area contributed by atoms with Crippen LogP contribution in [0, 0.1) is 11.7 Å². The van der Waals surface area contributed by atoms with E-state index in [-0.39, 0.29) is 17.8 Å². The van der Waals surface area contributed by atoms with Crippen molar-refractivity contribution in [3.63, 3.8) is 0 Å². The largest absolute Gasteiger partial charge is 0.481 e. The number of rotatable bonds is 1. The third-order valence-corrected chi connectivity index (χ3v) is 3.65. The summed E-state index contributed by atoms with van der Waals surface area (Å²) in [4.78, 5) is 13.1. The third kappa shape index (κ3) is 1.22. The van der Waals surface area contributed by atoms with Gasteiger partial charge in [0.15, 0.2) is 0 Å². The number of aliphatic carboxylic acids is 1. The van der Waals surface area contributed by atoms with Gasteiger partial charge in [0.2, 0.25) is 0 Å². The van der Waals surface area contributed by atoms with Gasteiger partial charge in [0.1, 0.15) is 5.82 Å². The molecule has 0 aromatic heterocycles. The minimum atomic E-state index is -0.735. The number of hydrogen-bond donors (Lipinski definition) is 1. The van der Waals surface area contributed by atoms with Crippen molar-refractivity contribution >= 4 is 11.7 Å². The molecule has 2 atom stereocenters. The van der Waals surface area contributed by atoms with E-state index in [1.165, 1.54) is 12.1 Å². The molecule has 1 aromatic rings. The Bertz CT molecular complexity index is 460. The van der Waals surface area contributed by atoms with Crippen molar-refractivity contribution in [1.82, 2.24) is 0 Å². The minimum Gasteiger partial charge on any atom is -0.481 e. The molecule has 4 heteroatoms. The Morgan fingerprint density at radius 1 is 1.50 bits per heavy atom. The Hall–Kier alpha value is -1.58. The van der Waals surface area contributed by atoms with Crippen LogP contribution in [0.3, 0.4) is 0 Å². The summed E-state index contributed by atoms with van der Waals surface area (Å²) in [7, 11) is 0. The Morgan fingerprint density at radius 3 is 3.06 bits per heavy atom. The summed E-state index contributed by atoms with van der Waals surface area (Å²) < 4.78 is 13.1. The van der Waals surface area contributed by atoms with Crippen molar-refractivity contribution in [2.75, 3.05) is 11.4 Å².